The van der Waals surface area contributed by atoms with Gasteiger partial charge < -0.3 is 11.1 Å². The number of nitrogens with zero attached hydrogens (tertiary/aromatic N) is 1. The van der Waals surface area contributed by atoms with Crippen LogP contribution in [0.1, 0.15) is 56.0 Å². The summed E-state index contributed by atoms with van der Waals surface area (Å²) in [6.07, 6.45) is 1.22. The van der Waals surface area contributed by atoms with Crippen molar-refractivity contribution in [3.63, 3.8) is 0 Å². The number of hydrogen-bond donors (Lipinski definition) is 2. The molecule has 0 fully saturated rings. The van der Waals surface area contributed by atoms with Gasteiger partial charge in [-0.3, -0.25) is 9.59 Å². The highest BCUT2D eigenvalue weighted by Crippen LogP contribution is 2.22. The molecule has 118 valence electrons. The highest BCUT2D eigenvalue weighted by Gasteiger charge is 2.19. The SMILES string of the molecule is CC(C)(C)c1ccc(C(=O)N[C@@H](CCCC#N)C(N)=O)cc1. The van der Waals surface area contributed by atoms with Gasteiger partial charge in [-0.25, -0.2) is 0 Å². The minimum absolute atomic E-state index is 0.0159. The zero-order valence-electron chi connectivity index (χ0n) is 13.3. The van der Waals surface area contributed by atoms with Crippen LogP contribution in [0.4, 0.5) is 0 Å². The van der Waals surface area contributed by atoms with Crippen molar-refractivity contribution in [1.29, 1.82) is 5.26 Å². The number of carbonyl (C=O) groups excluding carboxylic acids is 2. The number of unbranched alkanes of at least 4 members (excludes halogenated alkanes) is 1. The molecule has 2 amide bonds. The van der Waals surface area contributed by atoms with Crippen molar-refractivity contribution in [3.05, 3.63) is 35.4 Å². The second kappa shape index (κ2) is 7.60. The lowest BCUT2D eigenvalue weighted by atomic mass is 9.86. The normalized spacial score (nSPS) is 12.3. The molecule has 0 aliphatic rings. The van der Waals surface area contributed by atoms with Crippen molar-refractivity contribution in [3.8, 4) is 6.07 Å². The average molecular weight is 301 g/mol. The van der Waals surface area contributed by atoms with Crippen LogP contribution in [0.2, 0.25) is 0 Å². The molecule has 1 aromatic carbocycles. The summed E-state index contributed by atoms with van der Waals surface area (Å²) in [4.78, 5) is 23.5. The summed E-state index contributed by atoms with van der Waals surface area (Å²) in [5.74, 6) is -0.918. The van der Waals surface area contributed by atoms with Gasteiger partial charge in [-0.05, 0) is 36.0 Å². The number of hydrogen-bond acceptors (Lipinski definition) is 3. The fraction of sp³-hybridized carbons (Fsp3) is 0.471. The third-order valence-electron chi connectivity index (χ3n) is 3.44. The first-order valence-electron chi connectivity index (χ1n) is 7.33. The van der Waals surface area contributed by atoms with E-state index >= 15 is 0 Å². The lowest BCUT2D eigenvalue weighted by molar-refractivity contribution is -0.120. The van der Waals surface area contributed by atoms with Crippen molar-refractivity contribution in [2.24, 2.45) is 5.73 Å². The molecule has 5 nitrogen and oxygen atoms in total. The summed E-state index contributed by atoms with van der Waals surface area (Å²) in [5, 5.41) is 11.1. The molecule has 1 rings (SSSR count). The Hall–Kier alpha value is -2.35. The van der Waals surface area contributed by atoms with Crippen molar-refractivity contribution in [2.75, 3.05) is 0 Å². The minimum atomic E-state index is -0.747. The van der Waals surface area contributed by atoms with Crippen LogP contribution in [0.15, 0.2) is 24.3 Å². The van der Waals surface area contributed by atoms with Gasteiger partial charge >= 0.3 is 0 Å². The highest BCUT2D eigenvalue weighted by atomic mass is 16.2. The largest absolute Gasteiger partial charge is 0.368 e. The van der Waals surface area contributed by atoms with Crippen LogP contribution < -0.4 is 11.1 Å². The summed E-state index contributed by atoms with van der Waals surface area (Å²) in [7, 11) is 0. The Balaban J connectivity index is 2.74. The topological polar surface area (TPSA) is 96.0 Å². The first kappa shape index (κ1) is 17.7. The molecule has 22 heavy (non-hydrogen) atoms. The molecular formula is C17H23N3O2. The molecule has 0 aliphatic heterocycles. The Kier molecular flexibility index (Phi) is 6.11. The maximum Gasteiger partial charge on any atom is 0.251 e. The van der Waals surface area contributed by atoms with Gasteiger partial charge in [0.1, 0.15) is 6.04 Å². The Morgan fingerprint density at radius 1 is 1.27 bits per heavy atom. The van der Waals surface area contributed by atoms with Gasteiger partial charge in [-0.2, -0.15) is 5.26 Å². The number of nitriles is 1. The van der Waals surface area contributed by atoms with Gasteiger partial charge in [0.25, 0.3) is 5.91 Å². The second-order valence-electron chi connectivity index (χ2n) is 6.31. The van der Waals surface area contributed by atoms with Crippen LogP contribution in [0, 0.1) is 11.3 Å². The third kappa shape index (κ3) is 5.21. The fourth-order valence-corrected chi connectivity index (χ4v) is 2.03. The Bertz CT molecular complexity index is 565. The Labute approximate surface area is 131 Å². The number of amides is 2. The molecule has 5 heteroatoms. The lowest BCUT2D eigenvalue weighted by Crippen LogP contribution is -2.44. The molecule has 0 spiro atoms. The summed E-state index contributed by atoms with van der Waals surface area (Å²) in [5.41, 5.74) is 6.92. The molecule has 0 saturated heterocycles. The number of rotatable bonds is 6. The molecule has 0 aliphatic carbocycles. The molecule has 0 aromatic heterocycles. The zero-order valence-corrected chi connectivity index (χ0v) is 13.3. The summed E-state index contributed by atoms with van der Waals surface area (Å²) in [6, 6.07) is 8.55. The molecule has 0 saturated carbocycles. The van der Waals surface area contributed by atoms with Crippen LogP contribution in [-0.4, -0.2) is 17.9 Å². The quantitative estimate of drug-likeness (QED) is 0.789. The van der Waals surface area contributed by atoms with Crippen molar-refractivity contribution in [2.45, 2.75) is 51.5 Å². The molecule has 0 heterocycles. The van der Waals surface area contributed by atoms with Crippen LogP contribution in [0.3, 0.4) is 0 Å². The van der Waals surface area contributed by atoms with Gasteiger partial charge in [0.05, 0.1) is 6.07 Å². The average Bonchev–Trinajstić information content (AvgIpc) is 2.45. The fourth-order valence-electron chi connectivity index (χ4n) is 2.03. The van der Waals surface area contributed by atoms with E-state index in [9.17, 15) is 9.59 Å². The number of carbonyl (C=O) groups is 2. The monoisotopic (exact) mass is 301 g/mol. The predicted molar refractivity (Wildman–Crippen MR) is 85.1 cm³/mol. The van der Waals surface area contributed by atoms with Gasteiger partial charge in [-0.15, -0.1) is 0 Å². The van der Waals surface area contributed by atoms with Crippen LogP contribution in [0.25, 0.3) is 0 Å². The number of nitrogens with two attached hydrogens (primary N) is 1. The van der Waals surface area contributed by atoms with Crippen LogP contribution in [-0.2, 0) is 10.2 Å². The molecule has 3 N–H and O–H groups in total. The third-order valence-corrected chi connectivity index (χ3v) is 3.44. The molecule has 1 atom stereocenters. The molecular weight excluding hydrogens is 278 g/mol. The van der Waals surface area contributed by atoms with Crippen molar-refractivity contribution in [1.82, 2.24) is 5.32 Å². The van der Waals surface area contributed by atoms with Gasteiger partial charge in [-0.1, -0.05) is 32.9 Å². The van der Waals surface area contributed by atoms with E-state index in [0.29, 0.717) is 24.8 Å². The van der Waals surface area contributed by atoms with E-state index in [1.807, 2.05) is 18.2 Å². The summed E-state index contributed by atoms with van der Waals surface area (Å²) < 4.78 is 0. The number of nitrogens with one attached hydrogen (secondary N) is 1. The smallest absolute Gasteiger partial charge is 0.251 e. The van der Waals surface area contributed by atoms with E-state index in [1.165, 1.54) is 0 Å². The van der Waals surface area contributed by atoms with Crippen LogP contribution >= 0.6 is 0 Å². The van der Waals surface area contributed by atoms with E-state index in [2.05, 4.69) is 26.1 Å². The first-order valence-corrected chi connectivity index (χ1v) is 7.33. The van der Waals surface area contributed by atoms with Gasteiger partial charge in [0, 0.05) is 12.0 Å². The van der Waals surface area contributed by atoms with E-state index in [1.54, 1.807) is 12.1 Å². The van der Waals surface area contributed by atoms with E-state index < -0.39 is 11.9 Å². The van der Waals surface area contributed by atoms with Gasteiger partial charge in [0.15, 0.2) is 0 Å². The summed E-state index contributed by atoms with van der Waals surface area (Å²) in [6.45, 7) is 6.29. The number of primary amides is 1. The maximum absolute atomic E-state index is 12.2. The Morgan fingerprint density at radius 2 is 1.86 bits per heavy atom. The molecule has 0 bridgehead atoms. The Morgan fingerprint density at radius 3 is 2.32 bits per heavy atom. The highest BCUT2D eigenvalue weighted by molar-refractivity contribution is 5.97. The minimum Gasteiger partial charge on any atom is -0.368 e. The van der Waals surface area contributed by atoms with E-state index in [4.69, 9.17) is 11.0 Å². The zero-order chi connectivity index (χ0) is 16.8. The first-order chi connectivity index (χ1) is 10.3. The second-order valence-corrected chi connectivity index (χ2v) is 6.31. The van der Waals surface area contributed by atoms with Crippen LogP contribution in [0.5, 0.6) is 0 Å². The van der Waals surface area contributed by atoms with Crippen molar-refractivity contribution < 1.29 is 9.59 Å². The van der Waals surface area contributed by atoms with E-state index in [-0.39, 0.29) is 11.3 Å². The maximum atomic E-state index is 12.2. The molecule has 1 aromatic rings. The standard InChI is InChI=1S/C17H23N3O2/c1-17(2,3)13-9-7-12(8-10-13)16(22)20-14(15(19)21)6-4-5-11-18/h7-10,14H,4-6H2,1-3H3,(H2,19,21)(H,20,22)/t14-/m0/s1. The van der Waals surface area contributed by atoms with Crippen molar-refractivity contribution >= 4 is 11.8 Å². The summed E-state index contributed by atoms with van der Waals surface area (Å²) >= 11 is 0. The van der Waals surface area contributed by atoms with Gasteiger partial charge in [0.2, 0.25) is 5.91 Å². The molecule has 0 radical (unpaired) electrons. The van der Waals surface area contributed by atoms with E-state index in [0.717, 1.165) is 5.56 Å². The lowest BCUT2D eigenvalue weighted by Gasteiger charge is -2.19. The molecule has 0 unspecified atom stereocenters. The number of benzene rings is 1. The predicted octanol–water partition coefficient (Wildman–Crippen LogP) is 2.26.